The number of nitro benzene ring substituents is 1. The highest BCUT2D eigenvalue weighted by molar-refractivity contribution is 5.85. The summed E-state index contributed by atoms with van der Waals surface area (Å²) in [5, 5.41) is 14.4. The summed E-state index contributed by atoms with van der Waals surface area (Å²) in [6, 6.07) is 13.8. The van der Waals surface area contributed by atoms with Gasteiger partial charge in [0.15, 0.2) is 12.0 Å². The van der Waals surface area contributed by atoms with Crippen LogP contribution in [-0.2, 0) is 4.79 Å². The zero-order valence-electron chi connectivity index (χ0n) is 20.7. The standard InChI is InChI=1S/C28H36FN3O3/c1-19-3-10-25(11-4-19)31-15-13-21(14-16-31)18-26(29)28(33)22-5-7-23(8-6-22)30-24-9-12-27(32(34)35)20(2)17-24/h3-4,9-12,17,21-23,26,30H,5-8,13-16,18H2,1-2H3. The maximum Gasteiger partial charge on any atom is 0.272 e. The van der Waals surface area contributed by atoms with Crippen LogP contribution in [0.3, 0.4) is 0 Å². The Kier molecular flexibility index (Phi) is 8.04. The number of benzene rings is 2. The second-order valence-electron chi connectivity index (χ2n) is 10.3. The van der Waals surface area contributed by atoms with Gasteiger partial charge in [-0.05, 0) is 89.0 Å². The predicted octanol–water partition coefficient (Wildman–Crippen LogP) is 6.40. The van der Waals surface area contributed by atoms with Crippen LogP contribution in [0.5, 0.6) is 0 Å². The molecule has 1 aliphatic carbocycles. The van der Waals surface area contributed by atoms with Gasteiger partial charge in [0.2, 0.25) is 0 Å². The molecular formula is C28H36FN3O3. The Morgan fingerprint density at radius 1 is 1.06 bits per heavy atom. The molecule has 0 bridgehead atoms. The summed E-state index contributed by atoms with van der Waals surface area (Å²) in [6.45, 7) is 5.63. The van der Waals surface area contributed by atoms with Gasteiger partial charge in [0, 0.05) is 48.1 Å². The lowest BCUT2D eigenvalue weighted by molar-refractivity contribution is -0.385. The zero-order chi connectivity index (χ0) is 24.9. The summed E-state index contributed by atoms with van der Waals surface area (Å²) < 4.78 is 15.0. The number of nitrogens with zero attached hydrogens (tertiary/aromatic N) is 2. The molecule has 0 amide bonds. The second kappa shape index (κ2) is 11.2. The van der Waals surface area contributed by atoms with E-state index in [1.165, 1.54) is 17.3 Å². The van der Waals surface area contributed by atoms with E-state index in [1.807, 2.05) is 0 Å². The lowest BCUT2D eigenvalue weighted by Crippen LogP contribution is -2.37. The van der Waals surface area contributed by atoms with Crippen molar-refractivity contribution in [3.8, 4) is 0 Å². The van der Waals surface area contributed by atoms with Crippen molar-refractivity contribution in [1.82, 2.24) is 0 Å². The van der Waals surface area contributed by atoms with E-state index >= 15 is 0 Å². The van der Waals surface area contributed by atoms with Gasteiger partial charge in [-0.15, -0.1) is 0 Å². The van der Waals surface area contributed by atoms with Crippen molar-refractivity contribution >= 4 is 22.8 Å². The monoisotopic (exact) mass is 481 g/mol. The number of carbonyl (C=O) groups excluding carboxylic acids is 1. The fraction of sp³-hybridized carbons (Fsp3) is 0.536. The fourth-order valence-corrected chi connectivity index (χ4v) is 5.56. The summed E-state index contributed by atoms with van der Waals surface area (Å²) in [4.78, 5) is 25.8. The molecular weight excluding hydrogens is 445 g/mol. The largest absolute Gasteiger partial charge is 0.382 e. The van der Waals surface area contributed by atoms with Crippen LogP contribution in [0.25, 0.3) is 0 Å². The highest BCUT2D eigenvalue weighted by Gasteiger charge is 2.33. The lowest BCUT2D eigenvalue weighted by Gasteiger charge is -2.34. The normalized spacial score (nSPS) is 22.0. The van der Waals surface area contributed by atoms with Crippen molar-refractivity contribution in [1.29, 1.82) is 0 Å². The quantitative estimate of drug-likeness (QED) is 0.349. The van der Waals surface area contributed by atoms with Crippen molar-refractivity contribution in [2.45, 2.75) is 71.0 Å². The van der Waals surface area contributed by atoms with Crippen LogP contribution in [-0.4, -0.2) is 36.0 Å². The molecule has 1 aliphatic heterocycles. The summed E-state index contributed by atoms with van der Waals surface area (Å²) >= 11 is 0. The number of nitro groups is 1. The van der Waals surface area contributed by atoms with E-state index < -0.39 is 6.17 Å². The first-order valence-electron chi connectivity index (χ1n) is 12.8. The van der Waals surface area contributed by atoms with Crippen LogP contribution >= 0.6 is 0 Å². The Labute approximate surface area is 207 Å². The number of rotatable bonds is 8. The van der Waals surface area contributed by atoms with Crippen LogP contribution < -0.4 is 10.2 Å². The molecule has 6 nitrogen and oxygen atoms in total. The Hall–Kier alpha value is -2.96. The molecule has 1 saturated carbocycles. The summed E-state index contributed by atoms with van der Waals surface area (Å²) in [6.07, 6.45) is 3.81. The number of hydrogen-bond acceptors (Lipinski definition) is 5. The van der Waals surface area contributed by atoms with Gasteiger partial charge in [-0.1, -0.05) is 17.7 Å². The molecule has 1 N–H and O–H groups in total. The van der Waals surface area contributed by atoms with E-state index in [9.17, 15) is 19.3 Å². The highest BCUT2D eigenvalue weighted by atomic mass is 19.1. The number of piperidine rings is 1. The van der Waals surface area contributed by atoms with Crippen molar-refractivity contribution < 1.29 is 14.1 Å². The van der Waals surface area contributed by atoms with Crippen molar-refractivity contribution in [2.24, 2.45) is 11.8 Å². The fourth-order valence-electron chi connectivity index (χ4n) is 5.56. The molecule has 4 rings (SSSR count). The average molecular weight is 482 g/mol. The molecule has 1 unspecified atom stereocenters. The number of ketones is 1. The van der Waals surface area contributed by atoms with E-state index in [-0.39, 0.29) is 34.3 Å². The third-order valence-electron chi connectivity index (χ3n) is 7.76. The highest BCUT2D eigenvalue weighted by Crippen LogP contribution is 2.32. The number of carbonyl (C=O) groups is 1. The summed E-state index contributed by atoms with van der Waals surface area (Å²) in [5.41, 5.74) is 4.04. The Bertz CT molecular complexity index is 1030. The molecule has 0 radical (unpaired) electrons. The van der Waals surface area contributed by atoms with Crippen LogP contribution in [0.4, 0.5) is 21.5 Å². The van der Waals surface area contributed by atoms with Gasteiger partial charge in [-0.25, -0.2) is 4.39 Å². The molecule has 35 heavy (non-hydrogen) atoms. The van der Waals surface area contributed by atoms with Gasteiger partial charge >= 0.3 is 0 Å². The molecule has 0 spiro atoms. The first kappa shape index (κ1) is 25.1. The number of hydrogen-bond donors (Lipinski definition) is 1. The molecule has 1 atom stereocenters. The number of aryl methyl sites for hydroxylation is 2. The number of Topliss-reactive ketones (excluding diaryl/α,β-unsaturated/α-hetero) is 1. The molecule has 7 heteroatoms. The Morgan fingerprint density at radius 2 is 1.71 bits per heavy atom. The van der Waals surface area contributed by atoms with E-state index in [0.717, 1.165) is 44.5 Å². The number of alkyl halides is 1. The minimum absolute atomic E-state index is 0.111. The Balaban J connectivity index is 1.20. The first-order chi connectivity index (χ1) is 16.8. The topological polar surface area (TPSA) is 75.5 Å². The van der Waals surface area contributed by atoms with Crippen LogP contribution in [0, 0.1) is 35.8 Å². The number of nitrogens with one attached hydrogen (secondary N) is 1. The molecule has 2 fully saturated rings. The van der Waals surface area contributed by atoms with Crippen LogP contribution in [0.2, 0.25) is 0 Å². The van der Waals surface area contributed by atoms with Gasteiger partial charge in [0.25, 0.3) is 5.69 Å². The van der Waals surface area contributed by atoms with E-state index in [2.05, 4.69) is 41.4 Å². The smallest absolute Gasteiger partial charge is 0.272 e. The van der Waals surface area contributed by atoms with E-state index in [1.54, 1.807) is 19.1 Å². The van der Waals surface area contributed by atoms with Gasteiger partial charge in [-0.2, -0.15) is 0 Å². The third-order valence-corrected chi connectivity index (χ3v) is 7.76. The Morgan fingerprint density at radius 3 is 2.31 bits per heavy atom. The average Bonchev–Trinajstić information content (AvgIpc) is 2.85. The molecule has 1 heterocycles. The maximum absolute atomic E-state index is 15.0. The minimum atomic E-state index is -1.36. The summed E-state index contributed by atoms with van der Waals surface area (Å²) in [5.74, 6) is -0.149. The predicted molar refractivity (Wildman–Crippen MR) is 138 cm³/mol. The van der Waals surface area contributed by atoms with Crippen molar-refractivity contribution in [2.75, 3.05) is 23.3 Å². The molecule has 2 aliphatic rings. The van der Waals surface area contributed by atoms with Gasteiger partial charge in [0.1, 0.15) is 0 Å². The lowest BCUT2D eigenvalue weighted by atomic mass is 9.80. The van der Waals surface area contributed by atoms with E-state index in [4.69, 9.17) is 0 Å². The van der Waals surface area contributed by atoms with Crippen LogP contribution in [0.1, 0.15) is 56.1 Å². The van der Waals surface area contributed by atoms with Crippen molar-refractivity contribution in [3.05, 3.63) is 63.7 Å². The van der Waals surface area contributed by atoms with Gasteiger partial charge < -0.3 is 10.2 Å². The first-order valence-corrected chi connectivity index (χ1v) is 12.8. The molecule has 2 aromatic carbocycles. The molecule has 188 valence electrons. The summed E-state index contributed by atoms with van der Waals surface area (Å²) in [7, 11) is 0. The van der Waals surface area contributed by atoms with Gasteiger partial charge in [-0.3, -0.25) is 14.9 Å². The number of halogens is 1. The van der Waals surface area contributed by atoms with Crippen molar-refractivity contribution in [3.63, 3.8) is 0 Å². The number of anilines is 2. The molecule has 0 aromatic heterocycles. The van der Waals surface area contributed by atoms with Crippen LogP contribution in [0.15, 0.2) is 42.5 Å². The molecule has 1 saturated heterocycles. The molecule has 2 aromatic rings. The SMILES string of the molecule is Cc1ccc(N2CCC(CC(F)C(=O)C3CCC(Nc4ccc([N+](=O)[O-])c(C)c4)CC3)CC2)cc1. The third kappa shape index (κ3) is 6.38. The second-order valence-corrected chi connectivity index (χ2v) is 10.3. The maximum atomic E-state index is 15.0. The van der Waals surface area contributed by atoms with Gasteiger partial charge in [0.05, 0.1) is 4.92 Å². The van der Waals surface area contributed by atoms with E-state index in [0.29, 0.717) is 24.8 Å². The zero-order valence-corrected chi connectivity index (χ0v) is 20.7. The minimum Gasteiger partial charge on any atom is -0.382 e.